The predicted molar refractivity (Wildman–Crippen MR) is 55.6 cm³/mol. The minimum absolute atomic E-state index is 0.474. The maximum atomic E-state index is 5.60. The number of nitrogens with two attached hydrogens (primary N) is 1. The number of rotatable bonds is 2. The molecule has 0 aromatic carbocycles. The number of aromatic nitrogens is 3. The Hall–Kier alpha value is -1.55. The van der Waals surface area contributed by atoms with Crippen LogP contribution in [0.4, 0.5) is 0 Å². The second-order valence-electron chi connectivity index (χ2n) is 3.32. The fourth-order valence-electron chi connectivity index (χ4n) is 1.56. The molecule has 2 aromatic heterocycles. The molecule has 0 spiro atoms. The second kappa shape index (κ2) is 3.31. The molecule has 0 unspecified atom stereocenters. The van der Waals surface area contributed by atoms with Crippen LogP contribution in [0.5, 0.6) is 0 Å². The number of aromatic amines is 1. The van der Waals surface area contributed by atoms with Crippen LogP contribution in [0.25, 0.3) is 11.3 Å². The molecular formula is C10H14N4. The third kappa shape index (κ3) is 1.24. The Labute approximate surface area is 82.8 Å². The zero-order valence-corrected chi connectivity index (χ0v) is 8.41. The smallest absolute Gasteiger partial charge is 0.123 e. The quantitative estimate of drug-likeness (QED) is 0.747. The summed E-state index contributed by atoms with van der Waals surface area (Å²) < 4.78 is 2.03. The molecule has 0 aliphatic heterocycles. The number of hydrogen-bond donors (Lipinski definition) is 2. The highest BCUT2D eigenvalue weighted by Gasteiger charge is 2.11. The molecule has 14 heavy (non-hydrogen) atoms. The molecule has 0 radical (unpaired) electrons. The monoisotopic (exact) mass is 190 g/mol. The van der Waals surface area contributed by atoms with E-state index in [1.807, 2.05) is 30.1 Å². The van der Waals surface area contributed by atoms with Gasteiger partial charge in [-0.2, -0.15) is 0 Å². The van der Waals surface area contributed by atoms with Gasteiger partial charge in [0.1, 0.15) is 5.82 Å². The SMILES string of the molecule is Cc1c(-c2cc[nH]c2)nc(CN)n1C. The molecule has 0 aliphatic rings. The first kappa shape index (κ1) is 9.02. The van der Waals surface area contributed by atoms with Gasteiger partial charge in [-0.25, -0.2) is 4.98 Å². The first-order valence-corrected chi connectivity index (χ1v) is 4.59. The summed E-state index contributed by atoms with van der Waals surface area (Å²) in [5, 5.41) is 0. The Morgan fingerprint density at radius 2 is 2.36 bits per heavy atom. The molecule has 4 nitrogen and oxygen atoms in total. The number of H-pyrrole nitrogens is 1. The average Bonchev–Trinajstić information content (AvgIpc) is 2.78. The minimum Gasteiger partial charge on any atom is -0.367 e. The van der Waals surface area contributed by atoms with Gasteiger partial charge in [0, 0.05) is 30.7 Å². The zero-order chi connectivity index (χ0) is 10.1. The fraction of sp³-hybridized carbons (Fsp3) is 0.300. The highest BCUT2D eigenvalue weighted by Crippen LogP contribution is 2.21. The van der Waals surface area contributed by atoms with Gasteiger partial charge in [0.25, 0.3) is 0 Å². The lowest BCUT2D eigenvalue weighted by molar-refractivity contribution is 0.774. The van der Waals surface area contributed by atoms with Gasteiger partial charge in [-0.1, -0.05) is 0 Å². The maximum absolute atomic E-state index is 5.60. The maximum Gasteiger partial charge on any atom is 0.123 e. The number of nitrogens with one attached hydrogen (secondary N) is 1. The normalized spacial score (nSPS) is 10.8. The van der Waals surface area contributed by atoms with Gasteiger partial charge in [0.2, 0.25) is 0 Å². The van der Waals surface area contributed by atoms with E-state index in [4.69, 9.17) is 5.73 Å². The van der Waals surface area contributed by atoms with E-state index in [0.717, 1.165) is 22.8 Å². The van der Waals surface area contributed by atoms with Crippen molar-refractivity contribution in [1.29, 1.82) is 0 Å². The molecule has 0 saturated heterocycles. The molecule has 2 rings (SSSR count). The Kier molecular flexibility index (Phi) is 2.13. The largest absolute Gasteiger partial charge is 0.367 e. The van der Waals surface area contributed by atoms with E-state index in [0.29, 0.717) is 6.54 Å². The van der Waals surface area contributed by atoms with E-state index in [2.05, 4.69) is 16.9 Å². The van der Waals surface area contributed by atoms with Crippen LogP contribution in [0.2, 0.25) is 0 Å². The van der Waals surface area contributed by atoms with Crippen molar-refractivity contribution in [1.82, 2.24) is 14.5 Å². The Balaban J connectivity index is 2.55. The van der Waals surface area contributed by atoms with Crippen molar-refractivity contribution >= 4 is 0 Å². The van der Waals surface area contributed by atoms with Gasteiger partial charge in [0.15, 0.2) is 0 Å². The van der Waals surface area contributed by atoms with Crippen molar-refractivity contribution in [2.24, 2.45) is 12.8 Å². The molecular weight excluding hydrogens is 176 g/mol. The van der Waals surface area contributed by atoms with Gasteiger partial charge in [0.05, 0.1) is 12.2 Å². The van der Waals surface area contributed by atoms with Crippen LogP contribution >= 0.6 is 0 Å². The number of imidazole rings is 1. The molecule has 3 N–H and O–H groups in total. The van der Waals surface area contributed by atoms with E-state index in [1.54, 1.807) is 0 Å². The summed E-state index contributed by atoms with van der Waals surface area (Å²) in [6, 6.07) is 2.01. The standard InChI is InChI=1S/C10H14N4/c1-7-10(8-3-4-12-6-8)13-9(5-11)14(7)2/h3-4,6,12H,5,11H2,1-2H3. The molecule has 4 heteroatoms. The third-order valence-corrected chi connectivity index (χ3v) is 2.53. The second-order valence-corrected chi connectivity index (χ2v) is 3.32. The summed E-state index contributed by atoms with van der Waals surface area (Å²) in [6.45, 7) is 2.52. The van der Waals surface area contributed by atoms with Crippen molar-refractivity contribution in [3.05, 3.63) is 30.0 Å². The van der Waals surface area contributed by atoms with Crippen molar-refractivity contribution < 1.29 is 0 Å². The van der Waals surface area contributed by atoms with E-state index < -0.39 is 0 Å². The first-order chi connectivity index (χ1) is 6.74. The predicted octanol–water partition coefficient (Wildman–Crippen LogP) is 1.18. The van der Waals surface area contributed by atoms with Crippen LogP contribution in [0.3, 0.4) is 0 Å². The third-order valence-electron chi connectivity index (χ3n) is 2.53. The summed E-state index contributed by atoms with van der Waals surface area (Å²) in [7, 11) is 1.99. The van der Waals surface area contributed by atoms with Crippen molar-refractivity contribution in [3.63, 3.8) is 0 Å². The van der Waals surface area contributed by atoms with Gasteiger partial charge in [-0.05, 0) is 13.0 Å². The van der Waals surface area contributed by atoms with Gasteiger partial charge < -0.3 is 15.3 Å². The van der Waals surface area contributed by atoms with Crippen molar-refractivity contribution in [2.75, 3.05) is 0 Å². The Bertz CT molecular complexity index is 425. The first-order valence-electron chi connectivity index (χ1n) is 4.59. The molecule has 2 aromatic rings. The highest BCUT2D eigenvalue weighted by atomic mass is 15.1. The summed E-state index contributed by atoms with van der Waals surface area (Å²) in [5.74, 6) is 0.915. The van der Waals surface area contributed by atoms with E-state index >= 15 is 0 Å². The van der Waals surface area contributed by atoms with E-state index in [1.165, 1.54) is 0 Å². The molecule has 0 amide bonds. The van der Waals surface area contributed by atoms with Gasteiger partial charge in [-0.15, -0.1) is 0 Å². The van der Waals surface area contributed by atoms with Crippen LogP contribution in [-0.2, 0) is 13.6 Å². The molecule has 0 saturated carbocycles. The molecule has 0 fully saturated rings. The lowest BCUT2D eigenvalue weighted by Gasteiger charge is -1.98. The fourth-order valence-corrected chi connectivity index (χ4v) is 1.56. The van der Waals surface area contributed by atoms with Crippen LogP contribution < -0.4 is 5.73 Å². The molecule has 74 valence electrons. The Morgan fingerprint density at radius 1 is 1.57 bits per heavy atom. The highest BCUT2D eigenvalue weighted by molar-refractivity contribution is 5.61. The zero-order valence-electron chi connectivity index (χ0n) is 8.41. The number of nitrogens with zero attached hydrogens (tertiary/aromatic N) is 2. The van der Waals surface area contributed by atoms with Gasteiger partial charge in [-0.3, -0.25) is 0 Å². The van der Waals surface area contributed by atoms with E-state index in [9.17, 15) is 0 Å². The summed E-state index contributed by atoms with van der Waals surface area (Å²) in [5.41, 5.74) is 8.86. The lowest BCUT2D eigenvalue weighted by atomic mass is 10.2. The average molecular weight is 190 g/mol. The van der Waals surface area contributed by atoms with Crippen molar-refractivity contribution in [3.8, 4) is 11.3 Å². The molecule has 0 aliphatic carbocycles. The summed E-state index contributed by atoms with van der Waals surface area (Å²) in [4.78, 5) is 7.51. The topological polar surface area (TPSA) is 59.6 Å². The lowest BCUT2D eigenvalue weighted by Crippen LogP contribution is -2.05. The summed E-state index contributed by atoms with van der Waals surface area (Å²) in [6.07, 6.45) is 3.83. The Morgan fingerprint density at radius 3 is 2.86 bits per heavy atom. The molecule has 2 heterocycles. The molecule has 0 bridgehead atoms. The minimum atomic E-state index is 0.474. The van der Waals surface area contributed by atoms with E-state index in [-0.39, 0.29) is 0 Å². The van der Waals surface area contributed by atoms with Crippen molar-refractivity contribution in [2.45, 2.75) is 13.5 Å². The van der Waals surface area contributed by atoms with Gasteiger partial charge >= 0.3 is 0 Å². The molecule has 0 atom stereocenters. The number of hydrogen-bond acceptors (Lipinski definition) is 2. The van der Waals surface area contributed by atoms with Crippen LogP contribution in [0.1, 0.15) is 11.5 Å². The van der Waals surface area contributed by atoms with Crippen LogP contribution in [0.15, 0.2) is 18.5 Å². The summed E-state index contributed by atoms with van der Waals surface area (Å²) >= 11 is 0. The van der Waals surface area contributed by atoms with Crippen LogP contribution in [-0.4, -0.2) is 14.5 Å². The van der Waals surface area contributed by atoms with Crippen LogP contribution in [0, 0.1) is 6.92 Å².